The third kappa shape index (κ3) is 14.3. The summed E-state index contributed by atoms with van der Waals surface area (Å²) in [7, 11) is 0. The van der Waals surface area contributed by atoms with Crippen LogP contribution in [0.1, 0.15) is 11.1 Å². The average molecular weight is 432 g/mol. The molecule has 0 N–H and O–H groups in total. The SMILES string of the molecule is C[c-]1cccc1.C[c-]1cccc1.Fc1[c-]c(F)ccc1.Fc1[c-]c(F)ccc1.[Ti+4]. The molecule has 0 aliphatic carbocycles. The fourth-order valence-electron chi connectivity index (χ4n) is 1.77. The molecule has 0 aliphatic rings. The maximum absolute atomic E-state index is 11.9. The van der Waals surface area contributed by atoms with Crippen LogP contribution in [0.25, 0.3) is 0 Å². The molecule has 0 unspecified atom stereocenters. The molecule has 4 aromatic rings. The molecule has 0 heterocycles. The summed E-state index contributed by atoms with van der Waals surface area (Å²) in [6.07, 6.45) is 0. The minimum absolute atomic E-state index is 0. The van der Waals surface area contributed by atoms with Crippen LogP contribution in [0.15, 0.2) is 84.9 Å². The molecular weight excluding hydrogens is 412 g/mol. The van der Waals surface area contributed by atoms with Gasteiger partial charge in [0, 0.05) is 23.3 Å². The van der Waals surface area contributed by atoms with Crippen molar-refractivity contribution in [2.75, 3.05) is 0 Å². The van der Waals surface area contributed by atoms with Gasteiger partial charge in [-0.2, -0.15) is 47.5 Å². The molecule has 4 aromatic carbocycles. The molecule has 0 amide bonds. The van der Waals surface area contributed by atoms with Crippen molar-refractivity contribution in [2.24, 2.45) is 0 Å². The van der Waals surface area contributed by atoms with E-state index in [9.17, 15) is 17.6 Å². The van der Waals surface area contributed by atoms with E-state index >= 15 is 0 Å². The molecule has 5 heteroatoms. The van der Waals surface area contributed by atoms with Crippen molar-refractivity contribution in [3.05, 3.63) is 131 Å². The minimum atomic E-state index is -0.662. The molecule has 0 saturated heterocycles. The fraction of sp³-hybridized carbons (Fsp3) is 0.0833. The van der Waals surface area contributed by atoms with Gasteiger partial charge in [0.2, 0.25) is 0 Å². The first-order valence-electron chi connectivity index (χ1n) is 8.40. The number of aryl methyl sites for hydroxylation is 2. The van der Waals surface area contributed by atoms with Crippen molar-refractivity contribution in [2.45, 2.75) is 13.8 Å². The van der Waals surface area contributed by atoms with E-state index in [2.05, 4.69) is 38.1 Å². The van der Waals surface area contributed by atoms with E-state index < -0.39 is 23.3 Å². The summed E-state index contributed by atoms with van der Waals surface area (Å²) in [5, 5.41) is 0. The Morgan fingerprint density at radius 2 is 0.759 bits per heavy atom. The third-order valence-corrected chi connectivity index (χ3v) is 3.11. The standard InChI is InChI=1S/2C6H3F2.2C6H7.Ti/c2*7-5-2-1-3-6(8)4-5;2*1-6-4-2-3-5-6;/h2*1-3H;2*2-5H,1H3;/q4*-1;+4. The van der Waals surface area contributed by atoms with E-state index in [1.54, 1.807) is 0 Å². The minimum Gasteiger partial charge on any atom is -0.236 e. The number of halogens is 4. The summed E-state index contributed by atoms with van der Waals surface area (Å²) in [5.74, 6) is -2.65. The average Bonchev–Trinajstić information content (AvgIpc) is 3.30. The molecule has 0 bridgehead atoms. The van der Waals surface area contributed by atoms with Crippen LogP contribution in [-0.4, -0.2) is 0 Å². The van der Waals surface area contributed by atoms with Crippen molar-refractivity contribution >= 4 is 0 Å². The van der Waals surface area contributed by atoms with Gasteiger partial charge >= 0.3 is 21.7 Å². The first kappa shape index (κ1) is 26.6. The Labute approximate surface area is 184 Å². The largest absolute Gasteiger partial charge is 4.00 e. The Hall–Kier alpha value is -2.43. The van der Waals surface area contributed by atoms with E-state index in [4.69, 9.17) is 0 Å². The van der Waals surface area contributed by atoms with Crippen LogP contribution >= 0.6 is 0 Å². The van der Waals surface area contributed by atoms with Crippen LogP contribution in [-0.2, 0) is 21.7 Å². The van der Waals surface area contributed by atoms with Gasteiger partial charge in [-0.15, -0.1) is 36.4 Å². The Kier molecular flexibility index (Phi) is 14.2. The fourth-order valence-corrected chi connectivity index (χ4v) is 1.77. The third-order valence-electron chi connectivity index (χ3n) is 3.11. The van der Waals surface area contributed by atoms with Crippen LogP contribution < -0.4 is 0 Å². The summed E-state index contributed by atoms with van der Waals surface area (Å²) < 4.78 is 47.5. The second-order valence-electron chi connectivity index (χ2n) is 5.62. The smallest absolute Gasteiger partial charge is 0.236 e. The van der Waals surface area contributed by atoms with Gasteiger partial charge in [0.15, 0.2) is 0 Å². The zero-order chi connectivity index (χ0) is 20.8. The molecule has 0 nitrogen and oxygen atoms in total. The van der Waals surface area contributed by atoms with Crippen LogP contribution in [0.4, 0.5) is 17.6 Å². The number of hydrogen-bond acceptors (Lipinski definition) is 0. The zero-order valence-electron chi connectivity index (χ0n) is 16.1. The van der Waals surface area contributed by atoms with E-state index in [-0.39, 0.29) is 21.7 Å². The van der Waals surface area contributed by atoms with Gasteiger partial charge < -0.3 is 0 Å². The van der Waals surface area contributed by atoms with Crippen LogP contribution in [0.3, 0.4) is 0 Å². The van der Waals surface area contributed by atoms with Gasteiger partial charge in [0.05, 0.1) is 0 Å². The van der Waals surface area contributed by atoms with Gasteiger partial charge in [-0.3, -0.25) is 0 Å². The molecule has 0 aliphatic heterocycles. The van der Waals surface area contributed by atoms with Gasteiger partial charge in [-0.1, -0.05) is 13.8 Å². The Balaban J connectivity index is 0.000000359. The second-order valence-corrected chi connectivity index (χ2v) is 5.62. The van der Waals surface area contributed by atoms with Crippen molar-refractivity contribution in [1.29, 1.82) is 0 Å². The number of hydrogen-bond donors (Lipinski definition) is 0. The maximum atomic E-state index is 11.9. The normalized spacial score (nSPS) is 8.76. The second kappa shape index (κ2) is 15.5. The maximum Gasteiger partial charge on any atom is 4.00 e. The topological polar surface area (TPSA) is 0 Å². The predicted molar refractivity (Wildman–Crippen MR) is 104 cm³/mol. The molecule has 4 rings (SSSR count). The molecule has 0 spiro atoms. The van der Waals surface area contributed by atoms with Gasteiger partial charge in [0.25, 0.3) is 0 Å². The van der Waals surface area contributed by atoms with Crippen molar-refractivity contribution < 1.29 is 39.3 Å². The van der Waals surface area contributed by atoms with Crippen LogP contribution in [0.2, 0.25) is 0 Å². The van der Waals surface area contributed by atoms with E-state index in [0.717, 1.165) is 24.3 Å². The van der Waals surface area contributed by atoms with E-state index in [0.29, 0.717) is 0 Å². The molecule has 0 aromatic heterocycles. The molecule has 148 valence electrons. The molecule has 0 radical (unpaired) electrons. The number of rotatable bonds is 0. The summed E-state index contributed by atoms with van der Waals surface area (Å²) in [4.78, 5) is 0. The summed E-state index contributed by atoms with van der Waals surface area (Å²) in [6, 6.07) is 27.3. The van der Waals surface area contributed by atoms with E-state index in [1.165, 1.54) is 23.3 Å². The van der Waals surface area contributed by atoms with Crippen LogP contribution in [0, 0.1) is 49.2 Å². The summed E-state index contributed by atoms with van der Waals surface area (Å²) >= 11 is 0. The molecule has 0 atom stereocenters. The first-order chi connectivity index (χ1) is 13.4. The first-order valence-corrected chi connectivity index (χ1v) is 8.40. The van der Waals surface area contributed by atoms with Gasteiger partial charge in [-0.25, -0.2) is 41.8 Å². The number of benzene rings is 2. The van der Waals surface area contributed by atoms with E-state index in [1.807, 2.05) is 36.4 Å². The van der Waals surface area contributed by atoms with Crippen molar-refractivity contribution in [3.8, 4) is 0 Å². The summed E-state index contributed by atoms with van der Waals surface area (Å²) in [6.45, 7) is 4.17. The Morgan fingerprint density at radius 1 is 0.517 bits per heavy atom. The quantitative estimate of drug-likeness (QED) is 0.160. The van der Waals surface area contributed by atoms with Crippen LogP contribution in [0.5, 0.6) is 0 Å². The summed E-state index contributed by atoms with van der Waals surface area (Å²) in [5.41, 5.74) is 2.69. The Bertz CT molecular complexity index is 775. The molecular formula is C24H20F4Ti. The Morgan fingerprint density at radius 3 is 0.862 bits per heavy atom. The molecule has 0 fully saturated rings. The van der Waals surface area contributed by atoms with Crippen molar-refractivity contribution in [3.63, 3.8) is 0 Å². The molecule has 29 heavy (non-hydrogen) atoms. The zero-order valence-corrected chi connectivity index (χ0v) is 17.7. The molecule has 0 saturated carbocycles. The van der Waals surface area contributed by atoms with Crippen molar-refractivity contribution in [1.82, 2.24) is 0 Å². The van der Waals surface area contributed by atoms with Gasteiger partial charge in [-0.05, 0) is 0 Å². The monoisotopic (exact) mass is 432 g/mol. The predicted octanol–water partition coefficient (Wildman–Crippen LogP) is 6.96. The van der Waals surface area contributed by atoms with Gasteiger partial charge in [0.1, 0.15) is 0 Å².